The monoisotopic (exact) mass is 436 g/mol. The maximum absolute atomic E-state index is 12.5. The van der Waals surface area contributed by atoms with Gasteiger partial charge in [-0.2, -0.15) is 0 Å². The molecule has 5 nitrogen and oxygen atoms in total. The molecular formula is C17H20BrF3N2O3. The number of aromatic nitrogens is 1. The smallest absolute Gasteiger partial charge is 0.465 e. The largest absolute Gasteiger partial charge is 0.573 e. The molecule has 0 fully saturated rings. The van der Waals surface area contributed by atoms with Crippen LogP contribution >= 0.6 is 17.0 Å². The van der Waals surface area contributed by atoms with E-state index in [9.17, 15) is 18.0 Å². The third-order valence-corrected chi connectivity index (χ3v) is 4.30. The van der Waals surface area contributed by atoms with E-state index in [0.717, 1.165) is 17.7 Å². The molecule has 26 heavy (non-hydrogen) atoms. The van der Waals surface area contributed by atoms with E-state index in [1.165, 1.54) is 12.1 Å². The van der Waals surface area contributed by atoms with Crippen molar-refractivity contribution in [1.82, 2.24) is 4.57 Å². The number of hydrogen-bond donors (Lipinski definition) is 1. The van der Waals surface area contributed by atoms with Crippen LogP contribution in [0.1, 0.15) is 24.6 Å². The minimum absolute atomic E-state index is 0. The second kappa shape index (κ2) is 7.87. The molecule has 1 unspecified atom stereocenters. The van der Waals surface area contributed by atoms with Gasteiger partial charge in [0.05, 0.1) is 6.61 Å². The van der Waals surface area contributed by atoms with Gasteiger partial charge < -0.3 is 19.8 Å². The van der Waals surface area contributed by atoms with Gasteiger partial charge in [0, 0.05) is 22.6 Å². The summed E-state index contributed by atoms with van der Waals surface area (Å²) in [5.41, 5.74) is 8.51. The number of nitrogens with zero attached hydrogens (tertiary/aromatic N) is 1. The molecule has 0 aliphatic heterocycles. The first kappa shape index (κ1) is 20.6. The molecule has 1 aromatic carbocycles. The van der Waals surface area contributed by atoms with Gasteiger partial charge in [-0.05, 0) is 49.9 Å². The highest BCUT2D eigenvalue weighted by Crippen LogP contribution is 2.35. The first-order chi connectivity index (χ1) is 11.8. The van der Waals surface area contributed by atoms with Crippen molar-refractivity contribution in [1.29, 1.82) is 0 Å². The van der Waals surface area contributed by atoms with E-state index >= 15 is 0 Å². The summed E-state index contributed by atoms with van der Waals surface area (Å²) in [5, 5.41) is 0.635. The highest BCUT2D eigenvalue weighted by molar-refractivity contribution is 8.93. The van der Waals surface area contributed by atoms with Crippen LogP contribution in [0.3, 0.4) is 0 Å². The van der Waals surface area contributed by atoms with Crippen LogP contribution in [0, 0.1) is 0 Å². The maximum atomic E-state index is 12.5. The summed E-state index contributed by atoms with van der Waals surface area (Å²) in [6.07, 6.45) is -2.77. The number of rotatable bonds is 4. The fourth-order valence-electron chi connectivity index (χ4n) is 3.37. The van der Waals surface area contributed by atoms with E-state index < -0.39 is 6.36 Å². The molecule has 1 heterocycles. The standard InChI is InChI=1S/C17H19F3N2O3.BrH/c1-2-24-16(23)9-22-14-5-3-10(21)7-12(14)13-8-11(4-6-15(13)22)25-17(18,19)20;/h4,6,8,10H,2-3,5,7,9,21H2,1H3;1H. The highest BCUT2D eigenvalue weighted by atomic mass is 79.9. The van der Waals surface area contributed by atoms with Crippen molar-refractivity contribution in [2.45, 2.75) is 45.1 Å². The van der Waals surface area contributed by atoms with Crippen molar-refractivity contribution < 1.29 is 27.4 Å². The fraction of sp³-hybridized carbons (Fsp3) is 0.471. The van der Waals surface area contributed by atoms with Crippen LogP contribution in [0.25, 0.3) is 10.9 Å². The Balaban J connectivity index is 0.00000243. The number of esters is 1. The summed E-state index contributed by atoms with van der Waals surface area (Å²) in [6.45, 7) is 2.02. The van der Waals surface area contributed by atoms with Gasteiger partial charge in [0.25, 0.3) is 0 Å². The molecule has 2 N–H and O–H groups in total. The third-order valence-electron chi connectivity index (χ3n) is 4.30. The summed E-state index contributed by atoms with van der Waals surface area (Å²) in [5.74, 6) is -0.664. The van der Waals surface area contributed by atoms with Crippen LogP contribution < -0.4 is 10.5 Å². The van der Waals surface area contributed by atoms with Gasteiger partial charge >= 0.3 is 12.3 Å². The molecule has 0 spiro atoms. The van der Waals surface area contributed by atoms with Gasteiger partial charge in [-0.3, -0.25) is 4.79 Å². The number of carbonyl (C=O) groups is 1. The van der Waals surface area contributed by atoms with Gasteiger partial charge in [0.1, 0.15) is 12.3 Å². The minimum atomic E-state index is -4.75. The number of carbonyl (C=O) groups excluding carboxylic acids is 1. The first-order valence-electron chi connectivity index (χ1n) is 8.09. The number of alkyl halides is 3. The Hall–Kier alpha value is -1.74. The Kier molecular flexibility index (Phi) is 6.23. The molecule has 9 heteroatoms. The molecule has 1 aromatic heterocycles. The normalized spacial score (nSPS) is 16.7. The molecule has 1 aliphatic carbocycles. The molecule has 144 valence electrons. The van der Waals surface area contributed by atoms with Crippen LogP contribution in [-0.4, -0.2) is 29.5 Å². The Bertz CT molecular complexity index is 805. The summed E-state index contributed by atoms with van der Waals surface area (Å²) >= 11 is 0. The van der Waals surface area contributed by atoms with Crippen molar-refractivity contribution in [3.63, 3.8) is 0 Å². The minimum Gasteiger partial charge on any atom is -0.465 e. The Morgan fingerprint density at radius 2 is 2.12 bits per heavy atom. The summed E-state index contributed by atoms with van der Waals surface area (Å²) < 4.78 is 48.3. The van der Waals surface area contributed by atoms with Crippen LogP contribution in [0.5, 0.6) is 5.75 Å². The van der Waals surface area contributed by atoms with Crippen LogP contribution in [-0.2, 0) is 28.9 Å². The molecule has 0 amide bonds. The van der Waals surface area contributed by atoms with E-state index in [1.54, 1.807) is 13.0 Å². The van der Waals surface area contributed by atoms with Crippen LogP contribution in [0.4, 0.5) is 13.2 Å². The van der Waals surface area contributed by atoms with Crippen molar-refractivity contribution in [2.75, 3.05) is 6.61 Å². The van der Waals surface area contributed by atoms with Gasteiger partial charge in [0.2, 0.25) is 0 Å². The molecular weight excluding hydrogens is 417 g/mol. The summed E-state index contributed by atoms with van der Waals surface area (Å²) in [4.78, 5) is 11.9. The van der Waals surface area contributed by atoms with Crippen molar-refractivity contribution >= 4 is 33.9 Å². The number of benzene rings is 1. The average molecular weight is 437 g/mol. The SMILES string of the molecule is Br.CCOC(=O)Cn1c2c(c3cc(OC(F)(F)F)ccc31)CC(N)CC2. The number of halogens is 4. The quantitative estimate of drug-likeness (QED) is 0.744. The number of nitrogens with two attached hydrogens (primary N) is 1. The van der Waals surface area contributed by atoms with E-state index in [4.69, 9.17) is 10.5 Å². The Morgan fingerprint density at radius 1 is 1.38 bits per heavy atom. The lowest BCUT2D eigenvalue weighted by atomic mass is 9.92. The summed E-state index contributed by atoms with van der Waals surface area (Å²) in [7, 11) is 0. The van der Waals surface area contributed by atoms with Crippen LogP contribution in [0.15, 0.2) is 18.2 Å². The van der Waals surface area contributed by atoms with E-state index in [2.05, 4.69) is 4.74 Å². The number of hydrogen-bond acceptors (Lipinski definition) is 4. The van der Waals surface area contributed by atoms with Crippen LogP contribution in [0.2, 0.25) is 0 Å². The average Bonchev–Trinajstić information content (AvgIpc) is 2.79. The van der Waals surface area contributed by atoms with Gasteiger partial charge in [0.15, 0.2) is 0 Å². The third kappa shape index (κ3) is 4.32. The predicted molar refractivity (Wildman–Crippen MR) is 95.6 cm³/mol. The molecule has 0 bridgehead atoms. The van der Waals surface area contributed by atoms with Crippen molar-refractivity contribution in [2.24, 2.45) is 5.73 Å². The fourth-order valence-corrected chi connectivity index (χ4v) is 3.37. The molecule has 0 saturated heterocycles. The number of ether oxygens (including phenoxy) is 2. The van der Waals surface area contributed by atoms with E-state index in [0.29, 0.717) is 23.7 Å². The maximum Gasteiger partial charge on any atom is 0.573 e. The topological polar surface area (TPSA) is 66.5 Å². The molecule has 1 atom stereocenters. The second-order valence-electron chi connectivity index (χ2n) is 6.05. The molecule has 0 saturated carbocycles. The van der Waals surface area contributed by atoms with E-state index in [1.807, 2.05) is 4.57 Å². The van der Waals surface area contributed by atoms with Gasteiger partial charge in [-0.25, -0.2) is 0 Å². The molecule has 2 aromatic rings. The van der Waals surface area contributed by atoms with Crippen molar-refractivity contribution in [3.8, 4) is 5.75 Å². The molecule has 1 aliphatic rings. The predicted octanol–water partition coefficient (Wildman–Crippen LogP) is 3.50. The van der Waals surface area contributed by atoms with E-state index in [-0.39, 0.29) is 47.9 Å². The van der Waals surface area contributed by atoms with Gasteiger partial charge in [-0.1, -0.05) is 0 Å². The Morgan fingerprint density at radius 3 is 2.77 bits per heavy atom. The lowest BCUT2D eigenvalue weighted by Crippen LogP contribution is -2.28. The lowest BCUT2D eigenvalue weighted by Gasteiger charge is -2.20. The Labute approximate surface area is 159 Å². The zero-order valence-electron chi connectivity index (χ0n) is 14.1. The number of fused-ring (bicyclic) bond motifs is 3. The zero-order valence-corrected chi connectivity index (χ0v) is 15.8. The first-order valence-corrected chi connectivity index (χ1v) is 8.09. The van der Waals surface area contributed by atoms with Crippen molar-refractivity contribution in [3.05, 3.63) is 29.5 Å². The zero-order chi connectivity index (χ0) is 18.2. The molecule has 3 rings (SSSR count). The second-order valence-corrected chi connectivity index (χ2v) is 6.05. The lowest BCUT2D eigenvalue weighted by molar-refractivity contribution is -0.274. The molecule has 0 radical (unpaired) electrons. The highest BCUT2D eigenvalue weighted by Gasteiger charge is 2.32. The summed E-state index contributed by atoms with van der Waals surface area (Å²) in [6, 6.07) is 4.10. The van der Waals surface area contributed by atoms with Gasteiger partial charge in [-0.15, -0.1) is 30.2 Å².